The van der Waals surface area contributed by atoms with E-state index in [1.165, 1.54) is 19.3 Å². The van der Waals surface area contributed by atoms with Crippen LogP contribution in [-0.4, -0.2) is 16.7 Å². The zero-order valence-electron chi connectivity index (χ0n) is 7.81. The quantitative estimate of drug-likeness (QED) is 0.472. The fraction of sp³-hybridized carbons (Fsp3) is 0.889. The highest BCUT2D eigenvalue weighted by molar-refractivity contribution is 7.99. The van der Waals surface area contributed by atoms with Crippen LogP contribution >= 0.6 is 23.4 Å². The van der Waals surface area contributed by atoms with Gasteiger partial charge in [-0.1, -0.05) is 26.7 Å². The van der Waals surface area contributed by atoms with E-state index < -0.39 is 0 Å². The van der Waals surface area contributed by atoms with Gasteiger partial charge in [-0.3, -0.25) is 4.79 Å². The molecule has 0 aromatic carbocycles. The monoisotopic (exact) mass is 208 g/mol. The molecule has 0 radical (unpaired) electrons. The molecular formula is C9H17ClOS. The number of thioether (sulfide) groups is 1. The van der Waals surface area contributed by atoms with E-state index in [0.29, 0.717) is 0 Å². The standard InChI is InChI=1S/C9H17ClOS/c1-3-4-5-6-12-7-8(2)9(10)11/h8H,3-7H2,1-2H3. The smallest absolute Gasteiger partial charge is 0.225 e. The van der Waals surface area contributed by atoms with Crippen molar-refractivity contribution >= 4 is 28.6 Å². The van der Waals surface area contributed by atoms with Gasteiger partial charge in [0.25, 0.3) is 0 Å². The number of hydrogen-bond acceptors (Lipinski definition) is 2. The molecule has 12 heavy (non-hydrogen) atoms. The number of carbonyl (C=O) groups is 1. The summed E-state index contributed by atoms with van der Waals surface area (Å²) in [5.74, 6) is 2.03. The minimum atomic E-state index is -0.210. The molecule has 0 fully saturated rings. The van der Waals surface area contributed by atoms with Gasteiger partial charge in [0.1, 0.15) is 0 Å². The third kappa shape index (κ3) is 6.99. The first-order chi connectivity index (χ1) is 5.68. The van der Waals surface area contributed by atoms with Gasteiger partial charge in [-0.25, -0.2) is 0 Å². The summed E-state index contributed by atoms with van der Waals surface area (Å²) in [6.07, 6.45) is 3.80. The Kier molecular flexibility index (Phi) is 8.14. The lowest BCUT2D eigenvalue weighted by Gasteiger charge is -2.04. The first-order valence-corrected chi connectivity index (χ1v) is 5.98. The highest BCUT2D eigenvalue weighted by Crippen LogP contribution is 2.13. The van der Waals surface area contributed by atoms with E-state index in [1.54, 1.807) is 0 Å². The Morgan fingerprint density at radius 2 is 2.17 bits per heavy atom. The molecule has 0 amide bonds. The summed E-state index contributed by atoms with van der Waals surface area (Å²) in [7, 11) is 0. The Morgan fingerprint density at radius 3 is 2.67 bits per heavy atom. The number of unbranched alkanes of at least 4 members (excludes halogenated alkanes) is 2. The van der Waals surface area contributed by atoms with Gasteiger partial charge in [0.05, 0.1) is 0 Å². The SMILES string of the molecule is CCCCCSCC(C)C(=O)Cl. The van der Waals surface area contributed by atoms with Gasteiger partial charge in [-0.2, -0.15) is 11.8 Å². The number of halogens is 1. The molecule has 3 heteroatoms. The van der Waals surface area contributed by atoms with Crippen LogP contribution in [0, 0.1) is 5.92 Å². The van der Waals surface area contributed by atoms with E-state index in [1.807, 2.05) is 18.7 Å². The van der Waals surface area contributed by atoms with E-state index in [2.05, 4.69) is 6.92 Å². The lowest BCUT2D eigenvalue weighted by atomic mass is 10.2. The fourth-order valence-electron chi connectivity index (χ4n) is 0.780. The molecule has 0 heterocycles. The molecule has 0 spiro atoms. The van der Waals surface area contributed by atoms with Crippen molar-refractivity contribution in [2.24, 2.45) is 5.92 Å². The Labute approximate surface area is 84.2 Å². The largest absolute Gasteiger partial charge is 0.281 e. The Hall–Kier alpha value is 0.310. The van der Waals surface area contributed by atoms with Crippen LogP contribution in [0.5, 0.6) is 0 Å². The highest BCUT2D eigenvalue weighted by Gasteiger charge is 2.08. The molecule has 0 N–H and O–H groups in total. The third-order valence-electron chi connectivity index (χ3n) is 1.65. The molecule has 0 rings (SSSR count). The fourth-order valence-corrected chi connectivity index (χ4v) is 2.03. The topological polar surface area (TPSA) is 17.1 Å². The van der Waals surface area contributed by atoms with Crippen molar-refractivity contribution in [3.05, 3.63) is 0 Å². The van der Waals surface area contributed by atoms with Crippen LogP contribution in [0.4, 0.5) is 0 Å². The summed E-state index contributed by atoms with van der Waals surface area (Å²) < 4.78 is 0. The van der Waals surface area contributed by atoms with Crippen molar-refractivity contribution in [3.8, 4) is 0 Å². The second-order valence-corrected chi connectivity index (χ2v) is 4.51. The van der Waals surface area contributed by atoms with Gasteiger partial charge in [-0.15, -0.1) is 0 Å². The number of carbonyl (C=O) groups excluding carboxylic acids is 1. The Balaban J connectivity index is 3.14. The third-order valence-corrected chi connectivity index (χ3v) is 3.33. The summed E-state index contributed by atoms with van der Waals surface area (Å²) in [6.45, 7) is 4.07. The minimum Gasteiger partial charge on any atom is -0.281 e. The van der Waals surface area contributed by atoms with Gasteiger partial charge in [-0.05, 0) is 23.8 Å². The predicted molar refractivity (Wildman–Crippen MR) is 56.9 cm³/mol. The lowest BCUT2D eigenvalue weighted by Crippen LogP contribution is -2.06. The molecule has 72 valence electrons. The first kappa shape index (κ1) is 12.3. The van der Waals surface area contributed by atoms with Gasteiger partial charge in [0.2, 0.25) is 5.24 Å². The molecule has 1 unspecified atom stereocenters. The Morgan fingerprint density at radius 1 is 1.50 bits per heavy atom. The molecular weight excluding hydrogens is 192 g/mol. The van der Waals surface area contributed by atoms with Crippen LogP contribution in [0.3, 0.4) is 0 Å². The van der Waals surface area contributed by atoms with Crippen LogP contribution in [0.1, 0.15) is 33.1 Å². The predicted octanol–water partition coefficient (Wildman–Crippen LogP) is 3.31. The van der Waals surface area contributed by atoms with E-state index in [9.17, 15) is 4.79 Å². The molecule has 0 aliphatic heterocycles. The van der Waals surface area contributed by atoms with Gasteiger partial charge < -0.3 is 0 Å². The summed E-state index contributed by atoms with van der Waals surface area (Å²) in [4.78, 5) is 10.6. The van der Waals surface area contributed by atoms with E-state index in [-0.39, 0.29) is 11.2 Å². The lowest BCUT2D eigenvalue weighted by molar-refractivity contribution is -0.114. The van der Waals surface area contributed by atoms with Crippen molar-refractivity contribution < 1.29 is 4.79 Å². The average molecular weight is 209 g/mol. The maximum absolute atomic E-state index is 10.6. The molecule has 0 aromatic rings. The van der Waals surface area contributed by atoms with Crippen LogP contribution in [0.15, 0.2) is 0 Å². The zero-order valence-corrected chi connectivity index (χ0v) is 9.38. The van der Waals surface area contributed by atoms with Gasteiger partial charge >= 0.3 is 0 Å². The number of rotatable bonds is 7. The van der Waals surface area contributed by atoms with Crippen molar-refractivity contribution in [2.75, 3.05) is 11.5 Å². The molecule has 0 aliphatic rings. The summed E-state index contributed by atoms with van der Waals surface area (Å²) in [6, 6.07) is 0. The summed E-state index contributed by atoms with van der Waals surface area (Å²) in [5, 5.41) is -0.210. The highest BCUT2D eigenvalue weighted by atomic mass is 35.5. The van der Waals surface area contributed by atoms with Gasteiger partial charge in [0.15, 0.2) is 0 Å². The molecule has 1 nitrogen and oxygen atoms in total. The molecule has 1 atom stereocenters. The molecule has 0 saturated carbocycles. The van der Waals surface area contributed by atoms with E-state index in [4.69, 9.17) is 11.6 Å². The van der Waals surface area contributed by atoms with E-state index in [0.717, 1.165) is 11.5 Å². The van der Waals surface area contributed by atoms with Crippen LogP contribution in [-0.2, 0) is 4.79 Å². The maximum atomic E-state index is 10.6. The average Bonchev–Trinajstić information content (AvgIpc) is 2.03. The minimum absolute atomic E-state index is 0.0123. The van der Waals surface area contributed by atoms with Crippen molar-refractivity contribution in [3.63, 3.8) is 0 Å². The summed E-state index contributed by atoms with van der Waals surface area (Å²) in [5.41, 5.74) is 0. The van der Waals surface area contributed by atoms with Crippen LogP contribution < -0.4 is 0 Å². The van der Waals surface area contributed by atoms with Gasteiger partial charge in [0, 0.05) is 11.7 Å². The van der Waals surface area contributed by atoms with E-state index >= 15 is 0 Å². The second-order valence-electron chi connectivity index (χ2n) is 2.99. The molecule has 0 aliphatic carbocycles. The zero-order chi connectivity index (χ0) is 9.40. The number of hydrogen-bond donors (Lipinski definition) is 0. The molecule has 0 bridgehead atoms. The molecule has 0 saturated heterocycles. The van der Waals surface area contributed by atoms with Crippen molar-refractivity contribution in [2.45, 2.75) is 33.1 Å². The van der Waals surface area contributed by atoms with Crippen molar-refractivity contribution in [1.82, 2.24) is 0 Å². The van der Waals surface area contributed by atoms with Crippen LogP contribution in [0.2, 0.25) is 0 Å². The second kappa shape index (κ2) is 7.93. The first-order valence-electron chi connectivity index (χ1n) is 4.45. The normalized spacial score (nSPS) is 12.9. The molecule has 0 aromatic heterocycles. The van der Waals surface area contributed by atoms with Crippen molar-refractivity contribution in [1.29, 1.82) is 0 Å². The van der Waals surface area contributed by atoms with Crippen LogP contribution in [0.25, 0.3) is 0 Å². The maximum Gasteiger partial charge on any atom is 0.225 e. The Bertz CT molecular complexity index is 128. The summed E-state index contributed by atoms with van der Waals surface area (Å²) >= 11 is 7.14.